The van der Waals surface area contributed by atoms with Gasteiger partial charge in [-0.15, -0.1) is 0 Å². The van der Waals surface area contributed by atoms with Crippen molar-refractivity contribution >= 4 is 51.0 Å². The summed E-state index contributed by atoms with van der Waals surface area (Å²) in [6.07, 6.45) is 2.48. The number of aromatic nitrogens is 1. The number of hydrogen-bond donors (Lipinski definition) is 3. The van der Waals surface area contributed by atoms with Crippen molar-refractivity contribution in [1.29, 1.82) is 0 Å². The van der Waals surface area contributed by atoms with Crippen LogP contribution in [0.15, 0.2) is 53.1 Å². The van der Waals surface area contributed by atoms with Gasteiger partial charge >= 0.3 is 6.03 Å². The first-order valence-corrected chi connectivity index (χ1v) is 11.9. The minimum atomic E-state index is -0.341. The molecule has 1 aliphatic carbocycles. The van der Waals surface area contributed by atoms with E-state index in [4.69, 9.17) is 21.1 Å². The molecule has 2 aromatic carbocycles. The van der Waals surface area contributed by atoms with Gasteiger partial charge in [0.15, 0.2) is 0 Å². The number of carbonyl (C=O) groups is 2. The molecule has 6 rings (SSSR count). The van der Waals surface area contributed by atoms with Crippen molar-refractivity contribution in [3.63, 3.8) is 0 Å². The van der Waals surface area contributed by atoms with Crippen LogP contribution < -0.4 is 25.4 Å². The van der Waals surface area contributed by atoms with E-state index in [1.807, 2.05) is 24.3 Å². The molecule has 0 bridgehead atoms. The van der Waals surface area contributed by atoms with Crippen molar-refractivity contribution in [3.05, 3.63) is 69.3 Å². The molecule has 10 heteroatoms. The molecule has 2 aliphatic heterocycles. The Hall–Kier alpha value is -3.30. The van der Waals surface area contributed by atoms with Gasteiger partial charge in [-0.2, -0.15) is 0 Å². The van der Waals surface area contributed by atoms with E-state index in [0.717, 1.165) is 21.3 Å². The van der Waals surface area contributed by atoms with Crippen LogP contribution in [-0.4, -0.2) is 29.1 Å². The summed E-state index contributed by atoms with van der Waals surface area (Å²) in [6, 6.07) is 12.3. The van der Waals surface area contributed by atoms with Gasteiger partial charge in [0.05, 0.1) is 22.7 Å². The van der Waals surface area contributed by atoms with Crippen molar-refractivity contribution in [2.45, 2.75) is 30.9 Å². The maximum Gasteiger partial charge on any atom is 0.319 e. The zero-order valence-corrected chi connectivity index (χ0v) is 19.9. The predicted molar refractivity (Wildman–Crippen MR) is 130 cm³/mol. The molecule has 1 aromatic heterocycles. The second kappa shape index (κ2) is 8.18. The molecule has 3 N–H and O–H groups in total. The molecular formula is C24H18BrClN4O4. The van der Waals surface area contributed by atoms with Gasteiger partial charge in [0.1, 0.15) is 29.2 Å². The molecule has 3 heterocycles. The van der Waals surface area contributed by atoms with Crippen LogP contribution in [0.1, 0.15) is 23.5 Å². The molecule has 172 valence electrons. The molecule has 0 spiro atoms. The number of carbonyl (C=O) groups excluding carboxylic acids is 2. The fraction of sp³-hybridized carbons (Fsp3) is 0.208. The number of rotatable bonds is 4. The highest BCUT2D eigenvalue weighted by molar-refractivity contribution is 9.10. The number of halogens is 2. The summed E-state index contributed by atoms with van der Waals surface area (Å²) in [5.41, 5.74) is 2.40. The number of benzene rings is 2. The molecule has 3 aliphatic rings. The normalized spacial score (nSPS) is 21.4. The molecule has 8 nitrogen and oxygen atoms in total. The number of pyridine rings is 1. The molecule has 3 aromatic rings. The lowest BCUT2D eigenvalue weighted by Gasteiger charge is -2.19. The average molecular weight is 542 g/mol. The highest BCUT2D eigenvalue weighted by atomic mass is 79.9. The van der Waals surface area contributed by atoms with Gasteiger partial charge in [0.2, 0.25) is 5.91 Å². The molecule has 1 fully saturated rings. The lowest BCUT2D eigenvalue weighted by Crippen LogP contribution is -2.34. The average Bonchev–Trinajstić information content (AvgIpc) is 3.32. The summed E-state index contributed by atoms with van der Waals surface area (Å²) in [6.45, 7) is 0. The summed E-state index contributed by atoms with van der Waals surface area (Å²) in [4.78, 5) is 28.4. The third-order valence-corrected chi connectivity index (χ3v) is 6.94. The molecule has 3 amide bonds. The van der Waals surface area contributed by atoms with Gasteiger partial charge in [0.25, 0.3) is 0 Å². The standard InChI is InChI=1S/C24H18BrClN4O4/c25-11-1-4-16(15(26)9-11)28-24(32)30-21-20-14-10-12(2-5-17(14)34-22(20)21)33-18-7-8-27-23-13(18)3-6-19(31)29-23/h1-2,4-5,7-10,20-22H,3,6H2,(H,27,29,31)(H2,28,30,32)/t20-,21-,22-/m0/s1. The van der Waals surface area contributed by atoms with Crippen molar-refractivity contribution in [1.82, 2.24) is 10.3 Å². The van der Waals surface area contributed by atoms with Gasteiger partial charge < -0.3 is 25.4 Å². The fourth-order valence-electron chi connectivity index (χ4n) is 4.46. The van der Waals surface area contributed by atoms with Gasteiger partial charge in [0, 0.05) is 28.2 Å². The first kappa shape index (κ1) is 21.2. The van der Waals surface area contributed by atoms with E-state index in [-0.39, 0.29) is 30.0 Å². The molecule has 3 atom stereocenters. The smallest absolute Gasteiger partial charge is 0.319 e. The summed E-state index contributed by atoms with van der Waals surface area (Å²) in [7, 11) is 0. The van der Waals surface area contributed by atoms with E-state index in [1.165, 1.54) is 0 Å². The third-order valence-electron chi connectivity index (χ3n) is 6.13. The third kappa shape index (κ3) is 3.84. The molecule has 0 saturated heterocycles. The Balaban J connectivity index is 1.15. The summed E-state index contributed by atoms with van der Waals surface area (Å²) in [5.74, 6) is 2.66. The van der Waals surface area contributed by atoms with Crippen LogP contribution in [0.3, 0.4) is 0 Å². The van der Waals surface area contributed by atoms with E-state index < -0.39 is 0 Å². The lowest BCUT2D eigenvalue weighted by molar-refractivity contribution is -0.116. The topological polar surface area (TPSA) is 102 Å². The van der Waals surface area contributed by atoms with E-state index in [2.05, 4.69) is 36.9 Å². The Bertz CT molecular complexity index is 1350. The number of amides is 3. The number of urea groups is 1. The van der Waals surface area contributed by atoms with Crippen LogP contribution in [0.25, 0.3) is 0 Å². The van der Waals surface area contributed by atoms with Crippen LogP contribution in [0.2, 0.25) is 5.02 Å². The van der Waals surface area contributed by atoms with E-state index in [0.29, 0.717) is 40.9 Å². The number of hydrogen-bond acceptors (Lipinski definition) is 5. The second-order valence-electron chi connectivity index (χ2n) is 8.34. The van der Waals surface area contributed by atoms with Crippen molar-refractivity contribution in [2.24, 2.45) is 0 Å². The zero-order valence-electron chi connectivity index (χ0n) is 17.6. The molecule has 0 unspecified atom stereocenters. The quantitative estimate of drug-likeness (QED) is 0.420. The minimum Gasteiger partial charge on any atom is -0.487 e. The van der Waals surface area contributed by atoms with E-state index in [9.17, 15) is 9.59 Å². The summed E-state index contributed by atoms with van der Waals surface area (Å²) >= 11 is 9.54. The number of anilines is 2. The van der Waals surface area contributed by atoms with Crippen LogP contribution in [0.5, 0.6) is 17.2 Å². The maximum absolute atomic E-state index is 12.5. The van der Waals surface area contributed by atoms with Gasteiger partial charge in [-0.1, -0.05) is 27.5 Å². The Morgan fingerprint density at radius 3 is 2.94 bits per heavy atom. The fourth-order valence-corrected chi connectivity index (χ4v) is 5.18. The number of fused-ring (bicyclic) bond motifs is 4. The molecule has 0 radical (unpaired) electrons. The maximum atomic E-state index is 12.5. The number of nitrogens with one attached hydrogen (secondary N) is 3. The molecule has 34 heavy (non-hydrogen) atoms. The van der Waals surface area contributed by atoms with Crippen molar-refractivity contribution in [2.75, 3.05) is 10.6 Å². The second-order valence-corrected chi connectivity index (χ2v) is 9.67. The largest absolute Gasteiger partial charge is 0.487 e. The predicted octanol–water partition coefficient (Wildman–Crippen LogP) is 5.22. The highest BCUT2D eigenvalue weighted by Crippen LogP contribution is 2.54. The molecular weight excluding hydrogens is 524 g/mol. The van der Waals surface area contributed by atoms with Crippen LogP contribution in [-0.2, 0) is 11.2 Å². The number of ether oxygens (including phenoxy) is 2. The van der Waals surface area contributed by atoms with Gasteiger partial charge in [-0.25, -0.2) is 9.78 Å². The Labute approximate surface area is 208 Å². The van der Waals surface area contributed by atoms with Crippen molar-refractivity contribution in [3.8, 4) is 17.2 Å². The SMILES string of the molecule is O=C1CCc2c(Oc3ccc4c(c3)[C@H]3[C@H](NC(=O)Nc5ccc(Br)cc5Cl)[C@H]3O4)ccnc2N1. The highest BCUT2D eigenvalue weighted by Gasteiger charge is 2.59. The zero-order chi connectivity index (χ0) is 23.4. The summed E-state index contributed by atoms with van der Waals surface area (Å²) < 4.78 is 13.0. The monoisotopic (exact) mass is 540 g/mol. The lowest BCUT2D eigenvalue weighted by atomic mass is 10.1. The van der Waals surface area contributed by atoms with E-state index >= 15 is 0 Å². The first-order chi connectivity index (χ1) is 16.5. The van der Waals surface area contributed by atoms with Gasteiger partial charge in [-0.05, 0) is 48.9 Å². The first-order valence-electron chi connectivity index (χ1n) is 10.7. The van der Waals surface area contributed by atoms with E-state index in [1.54, 1.807) is 24.4 Å². The van der Waals surface area contributed by atoms with Crippen LogP contribution in [0.4, 0.5) is 16.3 Å². The molecule has 1 saturated carbocycles. The summed E-state index contributed by atoms with van der Waals surface area (Å²) in [5, 5.41) is 8.97. The van der Waals surface area contributed by atoms with Crippen LogP contribution in [0, 0.1) is 0 Å². The Morgan fingerprint density at radius 2 is 2.09 bits per heavy atom. The minimum absolute atomic E-state index is 0.0448. The number of nitrogens with zero attached hydrogens (tertiary/aromatic N) is 1. The van der Waals surface area contributed by atoms with Gasteiger partial charge in [-0.3, -0.25) is 4.79 Å². The Morgan fingerprint density at radius 1 is 1.21 bits per heavy atom. The van der Waals surface area contributed by atoms with Crippen molar-refractivity contribution < 1.29 is 19.1 Å². The van der Waals surface area contributed by atoms with Crippen LogP contribution >= 0.6 is 27.5 Å². The Kier molecular flexibility index (Phi) is 5.11.